The molecule has 6 nitrogen and oxygen atoms in total. The summed E-state index contributed by atoms with van der Waals surface area (Å²) in [5.74, 6) is -1.02. The second-order valence-corrected chi connectivity index (χ2v) is 5.59. The molecular weight excluding hydrogens is 327 g/mol. The van der Waals surface area contributed by atoms with Crippen molar-refractivity contribution in [2.24, 2.45) is 0 Å². The lowest BCUT2D eigenvalue weighted by atomic mass is 10.1. The number of hydrogen-bond donors (Lipinski definition) is 2. The number of hydrazine groups is 1. The highest BCUT2D eigenvalue weighted by atomic mass is 19.1. The van der Waals surface area contributed by atoms with E-state index in [0.717, 1.165) is 5.56 Å². The summed E-state index contributed by atoms with van der Waals surface area (Å²) in [7, 11) is 0. The van der Waals surface area contributed by atoms with Crippen molar-refractivity contribution >= 4 is 11.8 Å². The number of amides is 2. The summed E-state index contributed by atoms with van der Waals surface area (Å²) in [6, 6.07) is 13.1. The van der Waals surface area contributed by atoms with Crippen molar-refractivity contribution < 1.29 is 23.5 Å². The number of para-hydroxylation sites is 2. The summed E-state index contributed by atoms with van der Waals surface area (Å²) < 4.78 is 24.3. The zero-order chi connectivity index (χ0) is 17.8. The minimum atomic E-state index is -0.987. The molecular formula is C18H17FN2O4. The Labute approximate surface area is 143 Å². The first-order valence-corrected chi connectivity index (χ1v) is 7.80. The lowest BCUT2D eigenvalue weighted by molar-refractivity contribution is -0.135. The van der Waals surface area contributed by atoms with E-state index < -0.39 is 29.8 Å². The Bertz CT molecular complexity index is 771. The van der Waals surface area contributed by atoms with Gasteiger partial charge in [-0.2, -0.15) is 0 Å². The summed E-state index contributed by atoms with van der Waals surface area (Å²) in [6.45, 7) is 1.45. The Balaban J connectivity index is 1.49. The summed E-state index contributed by atoms with van der Waals surface area (Å²) in [4.78, 5) is 24.1. The highest BCUT2D eigenvalue weighted by Crippen LogP contribution is 2.28. The molecule has 7 heteroatoms. The number of nitrogens with one attached hydrogen (secondary N) is 2. The first kappa shape index (κ1) is 16.8. The highest BCUT2D eigenvalue weighted by Gasteiger charge is 2.29. The van der Waals surface area contributed by atoms with Crippen LogP contribution in [0.25, 0.3) is 0 Å². The molecule has 2 N–H and O–H groups in total. The topological polar surface area (TPSA) is 76.7 Å². The number of carbonyl (C=O) groups excluding carboxylic acids is 2. The van der Waals surface area contributed by atoms with E-state index in [1.54, 1.807) is 12.1 Å². The van der Waals surface area contributed by atoms with Crippen molar-refractivity contribution in [3.8, 4) is 11.5 Å². The number of halogens is 1. The van der Waals surface area contributed by atoms with Gasteiger partial charge in [-0.3, -0.25) is 20.4 Å². The second kappa shape index (κ2) is 7.21. The van der Waals surface area contributed by atoms with E-state index >= 15 is 0 Å². The standard InChI is InChI=1S/C18H17FN2O4/c1-11(24-15-9-5-3-7-13(15)19)17(22)20-21-18(23)16-10-12-6-2-4-8-14(12)25-16/h2-9,11,16H,10H2,1H3,(H,20,22)(H,21,23)/t11-,16+/m0/s1. The van der Waals surface area contributed by atoms with Crippen LogP contribution in [-0.2, 0) is 16.0 Å². The number of hydrogen-bond acceptors (Lipinski definition) is 4. The molecule has 1 aliphatic rings. The first-order chi connectivity index (χ1) is 12.0. The molecule has 2 amide bonds. The van der Waals surface area contributed by atoms with Gasteiger partial charge in [-0.15, -0.1) is 0 Å². The molecule has 25 heavy (non-hydrogen) atoms. The van der Waals surface area contributed by atoms with Crippen molar-refractivity contribution in [3.05, 3.63) is 59.9 Å². The fourth-order valence-corrected chi connectivity index (χ4v) is 2.42. The van der Waals surface area contributed by atoms with E-state index in [9.17, 15) is 14.0 Å². The van der Waals surface area contributed by atoms with E-state index in [1.165, 1.54) is 25.1 Å². The summed E-state index contributed by atoms with van der Waals surface area (Å²) in [5, 5.41) is 0. The van der Waals surface area contributed by atoms with E-state index in [4.69, 9.17) is 9.47 Å². The Kier molecular flexibility index (Phi) is 4.83. The van der Waals surface area contributed by atoms with Gasteiger partial charge in [0.15, 0.2) is 23.8 Å². The van der Waals surface area contributed by atoms with Crippen LogP contribution in [0.15, 0.2) is 48.5 Å². The summed E-state index contributed by atoms with van der Waals surface area (Å²) in [5.41, 5.74) is 5.50. The fraction of sp³-hybridized carbons (Fsp3) is 0.222. The maximum absolute atomic E-state index is 13.5. The zero-order valence-corrected chi connectivity index (χ0v) is 13.5. The van der Waals surface area contributed by atoms with Crippen molar-refractivity contribution in [1.29, 1.82) is 0 Å². The van der Waals surface area contributed by atoms with Crippen molar-refractivity contribution in [3.63, 3.8) is 0 Å². The number of fused-ring (bicyclic) bond motifs is 1. The van der Waals surface area contributed by atoms with Crippen molar-refractivity contribution in [1.82, 2.24) is 10.9 Å². The highest BCUT2D eigenvalue weighted by molar-refractivity contribution is 5.87. The zero-order valence-electron chi connectivity index (χ0n) is 13.5. The van der Waals surface area contributed by atoms with Crippen LogP contribution in [0.2, 0.25) is 0 Å². The van der Waals surface area contributed by atoms with E-state index in [0.29, 0.717) is 12.2 Å². The van der Waals surface area contributed by atoms with Crippen LogP contribution in [0.4, 0.5) is 4.39 Å². The predicted molar refractivity (Wildman–Crippen MR) is 87.3 cm³/mol. The van der Waals surface area contributed by atoms with E-state index in [-0.39, 0.29) is 5.75 Å². The SMILES string of the molecule is C[C@H](Oc1ccccc1F)C(=O)NNC(=O)[C@H]1Cc2ccccc2O1. The number of ether oxygens (including phenoxy) is 2. The maximum Gasteiger partial charge on any atom is 0.279 e. The Morgan fingerprint density at radius 1 is 1.16 bits per heavy atom. The normalized spacial score (nSPS) is 16.3. The Morgan fingerprint density at radius 2 is 1.88 bits per heavy atom. The van der Waals surface area contributed by atoms with Gasteiger partial charge in [0.05, 0.1) is 0 Å². The minimum absolute atomic E-state index is 0.0361. The molecule has 0 bridgehead atoms. The molecule has 0 aliphatic carbocycles. The molecule has 2 aromatic rings. The summed E-state index contributed by atoms with van der Waals surface area (Å²) >= 11 is 0. The quantitative estimate of drug-likeness (QED) is 0.829. The molecule has 1 aliphatic heterocycles. The van der Waals surface area contributed by atoms with Crippen LogP contribution in [0, 0.1) is 5.82 Å². The van der Waals surface area contributed by atoms with Crippen LogP contribution in [0.3, 0.4) is 0 Å². The van der Waals surface area contributed by atoms with Crippen LogP contribution in [0.1, 0.15) is 12.5 Å². The third kappa shape index (κ3) is 3.88. The first-order valence-electron chi connectivity index (χ1n) is 7.80. The number of rotatable bonds is 4. The van der Waals surface area contributed by atoms with Gasteiger partial charge in [0.25, 0.3) is 11.8 Å². The molecule has 0 fully saturated rings. The molecule has 0 saturated heterocycles. The molecule has 2 atom stereocenters. The van der Waals surface area contributed by atoms with Gasteiger partial charge in [-0.1, -0.05) is 30.3 Å². The third-order valence-corrected chi connectivity index (χ3v) is 3.76. The predicted octanol–water partition coefficient (Wildman–Crippen LogP) is 1.74. The average molecular weight is 344 g/mol. The van der Waals surface area contributed by atoms with Gasteiger partial charge in [-0.25, -0.2) is 4.39 Å². The fourth-order valence-electron chi connectivity index (χ4n) is 2.42. The largest absolute Gasteiger partial charge is 0.480 e. The van der Waals surface area contributed by atoms with Crippen molar-refractivity contribution in [2.45, 2.75) is 25.6 Å². The molecule has 0 spiro atoms. The smallest absolute Gasteiger partial charge is 0.279 e. The average Bonchev–Trinajstić information content (AvgIpc) is 3.05. The minimum Gasteiger partial charge on any atom is -0.480 e. The molecule has 1 heterocycles. The van der Waals surface area contributed by atoms with E-state index in [2.05, 4.69) is 10.9 Å². The molecule has 130 valence electrons. The molecule has 2 aromatic carbocycles. The second-order valence-electron chi connectivity index (χ2n) is 5.59. The van der Waals surface area contributed by atoms with Crippen LogP contribution < -0.4 is 20.3 Å². The van der Waals surface area contributed by atoms with Crippen LogP contribution >= 0.6 is 0 Å². The lowest BCUT2D eigenvalue weighted by Crippen LogP contribution is -2.51. The third-order valence-electron chi connectivity index (χ3n) is 3.76. The lowest BCUT2D eigenvalue weighted by Gasteiger charge is -2.16. The molecule has 0 unspecified atom stereocenters. The molecule has 0 aromatic heterocycles. The van der Waals surface area contributed by atoms with E-state index in [1.807, 2.05) is 18.2 Å². The summed E-state index contributed by atoms with van der Waals surface area (Å²) in [6.07, 6.45) is -1.27. The van der Waals surface area contributed by atoms with Gasteiger partial charge in [0.1, 0.15) is 5.75 Å². The van der Waals surface area contributed by atoms with Gasteiger partial charge >= 0.3 is 0 Å². The van der Waals surface area contributed by atoms with Crippen LogP contribution in [-0.4, -0.2) is 24.0 Å². The Morgan fingerprint density at radius 3 is 2.64 bits per heavy atom. The number of benzene rings is 2. The van der Waals surface area contributed by atoms with Gasteiger partial charge in [0, 0.05) is 6.42 Å². The molecule has 0 saturated carbocycles. The number of carbonyl (C=O) groups is 2. The molecule has 0 radical (unpaired) electrons. The van der Waals surface area contributed by atoms with Gasteiger partial charge in [0.2, 0.25) is 0 Å². The van der Waals surface area contributed by atoms with Crippen LogP contribution in [0.5, 0.6) is 11.5 Å². The van der Waals surface area contributed by atoms with Gasteiger partial charge < -0.3 is 9.47 Å². The molecule has 3 rings (SSSR count). The van der Waals surface area contributed by atoms with Gasteiger partial charge in [-0.05, 0) is 30.7 Å². The monoisotopic (exact) mass is 344 g/mol. The Hall–Kier alpha value is -3.09. The maximum atomic E-state index is 13.5. The van der Waals surface area contributed by atoms with Crippen molar-refractivity contribution in [2.75, 3.05) is 0 Å².